The Labute approximate surface area is 153 Å². The molecule has 0 atom stereocenters. The van der Waals surface area contributed by atoms with Crippen molar-refractivity contribution >= 4 is 51.6 Å². The molecule has 0 aliphatic rings. The van der Waals surface area contributed by atoms with E-state index in [0.29, 0.717) is 10.6 Å². The van der Waals surface area contributed by atoms with Gasteiger partial charge in [0.1, 0.15) is 4.88 Å². The quantitative estimate of drug-likeness (QED) is 0.539. The summed E-state index contributed by atoms with van der Waals surface area (Å²) in [6.45, 7) is 2.03. The Morgan fingerprint density at radius 2 is 2.08 bits per heavy atom. The van der Waals surface area contributed by atoms with E-state index in [-0.39, 0.29) is 11.7 Å². The van der Waals surface area contributed by atoms with Gasteiger partial charge in [0.15, 0.2) is 0 Å². The number of nitrogens with zero attached hydrogens (tertiary/aromatic N) is 1. The molecule has 2 aromatic heterocycles. The number of thioether (sulfide) groups is 1. The molecule has 25 heavy (non-hydrogen) atoms. The Kier molecular flexibility index (Phi) is 5.35. The topological polar surface area (TPSA) is 68.3 Å². The summed E-state index contributed by atoms with van der Waals surface area (Å²) in [5, 5.41) is 6.39. The second-order valence-electron chi connectivity index (χ2n) is 5.29. The van der Waals surface area contributed by atoms with Crippen molar-refractivity contribution in [3.8, 4) is 0 Å². The van der Waals surface area contributed by atoms with Crippen LogP contribution in [-0.2, 0) is 9.53 Å². The average Bonchev–Trinajstić information content (AvgIpc) is 3.07. The number of methoxy groups -OCH3 is 1. The predicted molar refractivity (Wildman–Crippen MR) is 101 cm³/mol. The van der Waals surface area contributed by atoms with Crippen LogP contribution in [0.4, 0.5) is 5.69 Å². The maximum Gasteiger partial charge on any atom is 0.350 e. The summed E-state index contributed by atoms with van der Waals surface area (Å²) in [5.41, 5.74) is 2.51. The Balaban J connectivity index is 1.67. The van der Waals surface area contributed by atoms with E-state index in [4.69, 9.17) is 4.74 Å². The maximum absolute atomic E-state index is 12.2. The number of carbonyl (C=O) groups is 2. The molecule has 1 aromatic carbocycles. The highest BCUT2D eigenvalue weighted by molar-refractivity contribution is 7.99. The van der Waals surface area contributed by atoms with Crippen molar-refractivity contribution in [2.45, 2.75) is 11.9 Å². The molecule has 0 spiro atoms. The minimum atomic E-state index is -0.454. The molecule has 128 valence electrons. The summed E-state index contributed by atoms with van der Waals surface area (Å²) in [4.78, 5) is 28.8. The van der Waals surface area contributed by atoms with Crippen LogP contribution in [-0.4, -0.2) is 29.7 Å². The van der Waals surface area contributed by atoms with Crippen molar-refractivity contribution in [2.75, 3.05) is 18.2 Å². The van der Waals surface area contributed by atoms with E-state index >= 15 is 0 Å². The molecule has 3 aromatic rings. The molecule has 0 saturated heterocycles. The summed E-state index contributed by atoms with van der Waals surface area (Å²) in [7, 11) is 1.32. The van der Waals surface area contributed by atoms with Crippen LogP contribution >= 0.6 is 23.1 Å². The Bertz CT molecular complexity index is 937. The molecular formula is C18H16N2O3S2. The molecule has 0 bridgehead atoms. The van der Waals surface area contributed by atoms with Gasteiger partial charge in [0.2, 0.25) is 5.91 Å². The lowest BCUT2D eigenvalue weighted by atomic mass is 10.1. The van der Waals surface area contributed by atoms with Crippen LogP contribution in [0.25, 0.3) is 10.9 Å². The number of esters is 1. The van der Waals surface area contributed by atoms with Crippen LogP contribution in [0.3, 0.4) is 0 Å². The molecule has 3 rings (SSSR count). The van der Waals surface area contributed by atoms with Crippen molar-refractivity contribution in [3.05, 3.63) is 52.2 Å². The molecule has 2 heterocycles. The number of nitrogens with one attached hydrogen (secondary N) is 1. The van der Waals surface area contributed by atoms with Crippen LogP contribution in [0.5, 0.6) is 0 Å². The number of aromatic nitrogens is 1. The van der Waals surface area contributed by atoms with Crippen molar-refractivity contribution in [2.24, 2.45) is 0 Å². The number of aryl methyl sites for hydroxylation is 1. The van der Waals surface area contributed by atoms with E-state index in [1.807, 2.05) is 37.3 Å². The number of hydrogen-bond donors (Lipinski definition) is 1. The van der Waals surface area contributed by atoms with Crippen molar-refractivity contribution in [3.63, 3.8) is 0 Å². The van der Waals surface area contributed by atoms with Crippen LogP contribution in [0.2, 0.25) is 0 Å². The van der Waals surface area contributed by atoms with Gasteiger partial charge in [-0.3, -0.25) is 4.79 Å². The molecule has 0 radical (unpaired) electrons. The third-order valence-electron chi connectivity index (χ3n) is 3.56. The highest BCUT2D eigenvalue weighted by atomic mass is 32.2. The molecule has 7 heteroatoms. The first-order valence-corrected chi connectivity index (χ1v) is 9.40. The fourth-order valence-electron chi connectivity index (χ4n) is 2.38. The van der Waals surface area contributed by atoms with E-state index in [1.165, 1.54) is 30.2 Å². The molecule has 1 amide bonds. The number of pyridine rings is 1. The number of ether oxygens (including phenoxy) is 1. The number of fused-ring (bicyclic) bond motifs is 1. The molecule has 0 fully saturated rings. The third kappa shape index (κ3) is 4.00. The first kappa shape index (κ1) is 17.4. The zero-order valence-electron chi connectivity index (χ0n) is 13.7. The SMILES string of the molecule is COC(=O)c1sccc1NC(=O)CSc1cc(C)c2ccccc2n1. The third-order valence-corrected chi connectivity index (χ3v) is 5.37. The number of rotatable bonds is 5. The lowest BCUT2D eigenvalue weighted by molar-refractivity contribution is -0.113. The number of carbonyl (C=O) groups excluding carboxylic acids is 2. The number of hydrogen-bond acceptors (Lipinski definition) is 6. The zero-order chi connectivity index (χ0) is 17.8. The Morgan fingerprint density at radius 1 is 1.28 bits per heavy atom. The normalized spacial score (nSPS) is 10.6. The van der Waals surface area contributed by atoms with Crippen molar-refractivity contribution in [1.82, 2.24) is 4.98 Å². The summed E-state index contributed by atoms with van der Waals surface area (Å²) in [6.07, 6.45) is 0. The van der Waals surface area contributed by atoms with E-state index in [2.05, 4.69) is 10.3 Å². The van der Waals surface area contributed by atoms with Crippen LogP contribution in [0.15, 0.2) is 46.8 Å². The molecular weight excluding hydrogens is 356 g/mol. The predicted octanol–water partition coefficient (Wildman–Crippen LogP) is 4.12. The summed E-state index contributed by atoms with van der Waals surface area (Å²) in [5.74, 6) is -0.438. The van der Waals surface area contributed by atoms with Gasteiger partial charge in [-0.1, -0.05) is 30.0 Å². The average molecular weight is 372 g/mol. The molecule has 0 saturated carbocycles. The second kappa shape index (κ2) is 7.67. The summed E-state index contributed by atoms with van der Waals surface area (Å²) in [6, 6.07) is 11.6. The van der Waals surface area contributed by atoms with Crippen molar-refractivity contribution < 1.29 is 14.3 Å². The fourth-order valence-corrected chi connectivity index (χ4v) is 3.92. The molecule has 5 nitrogen and oxygen atoms in total. The minimum absolute atomic E-state index is 0.193. The number of thiophene rings is 1. The van der Waals surface area contributed by atoms with Gasteiger partial charge in [-0.2, -0.15) is 0 Å². The monoisotopic (exact) mass is 372 g/mol. The van der Waals surface area contributed by atoms with Crippen molar-refractivity contribution in [1.29, 1.82) is 0 Å². The van der Waals surface area contributed by atoms with Crippen LogP contribution < -0.4 is 5.32 Å². The highest BCUT2D eigenvalue weighted by Crippen LogP contribution is 2.25. The zero-order valence-corrected chi connectivity index (χ0v) is 15.4. The highest BCUT2D eigenvalue weighted by Gasteiger charge is 2.15. The van der Waals surface area contributed by atoms with E-state index in [1.54, 1.807) is 11.4 Å². The maximum atomic E-state index is 12.2. The first-order chi connectivity index (χ1) is 12.1. The Hall–Kier alpha value is -2.38. The smallest absolute Gasteiger partial charge is 0.350 e. The van der Waals surface area contributed by atoms with Gasteiger partial charge in [-0.15, -0.1) is 11.3 Å². The fraction of sp³-hybridized carbons (Fsp3) is 0.167. The summed E-state index contributed by atoms with van der Waals surface area (Å²) >= 11 is 2.60. The lowest BCUT2D eigenvalue weighted by Gasteiger charge is -2.07. The molecule has 0 aliphatic heterocycles. The van der Waals surface area contributed by atoms with Gasteiger partial charge in [0.25, 0.3) is 0 Å². The number of anilines is 1. The van der Waals surface area contributed by atoms with Crippen LogP contribution in [0, 0.1) is 6.92 Å². The number of amides is 1. The standard InChI is InChI=1S/C18H16N2O3S2/c1-11-9-16(20-13-6-4-3-5-12(11)13)25-10-15(21)19-14-7-8-24-17(14)18(22)23-2/h3-9H,10H2,1-2H3,(H,19,21). The van der Waals surface area contributed by atoms with Gasteiger partial charge in [0, 0.05) is 5.39 Å². The molecule has 0 unspecified atom stereocenters. The number of para-hydroxylation sites is 1. The van der Waals surface area contributed by atoms with Crippen LogP contribution in [0.1, 0.15) is 15.2 Å². The van der Waals surface area contributed by atoms with E-state index < -0.39 is 5.97 Å². The van der Waals surface area contributed by atoms with Gasteiger partial charge in [-0.25, -0.2) is 9.78 Å². The largest absolute Gasteiger partial charge is 0.465 e. The van der Waals surface area contributed by atoms with Gasteiger partial charge in [0.05, 0.1) is 29.1 Å². The first-order valence-electron chi connectivity index (χ1n) is 7.53. The molecule has 1 N–H and O–H groups in total. The lowest BCUT2D eigenvalue weighted by Crippen LogP contribution is -2.15. The minimum Gasteiger partial charge on any atom is -0.465 e. The van der Waals surface area contributed by atoms with Gasteiger partial charge >= 0.3 is 5.97 Å². The van der Waals surface area contributed by atoms with E-state index in [9.17, 15) is 9.59 Å². The van der Waals surface area contributed by atoms with E-state index in [0.717, 1.165) is 21.5 Å². The van der Waals surface area contributed by atoms with Gasteiger partial charge in [-0.05, 0) is 36.1 Å². The second-order valence-corrected chi connectivity index (χ2v) is 7.20. The Morgan fingerprint density at radius 3 is 2.88 bits per heavy atom. The van der Waals surface area contributed by atoms with Gasteiger partial charge < -0.3 is 10.1 Å². The summed E-state index contributed by atoms with van der Waals surface area (Å²) < 4.78 is 4.71. The number of benzene rings is 1. The molecule has 0 aliphatic carbocycles.